The molecule has 0 spiro atoms. The summed E-state index contributed by atoms with van der Waals surface area (Å²) in [5.41, 5.74) is 4.58. The SMILES string of the molecule is CC(C)(CO)CN(C(=O)OCC1c2ccccc2-c2ccccc21)C1CC1. The normalized spacial score (nSPS) is 16.0. The lowest BCUT2D eigenvalue weighted by atomic mass is 9.94. The molecular weight excluding hydrogens is 338 g/mol. The Morgan fingerprint density at radius 2 is 1.63 bits per heavy atom. The first-order valence-corrected chi connectivity index (χ1v) is 9.73. The summed E-state index contributed by atoms with van der Waals surface area (Å²) in [6, 6.07) is 17.0. The molecule has 0 aliphatic heterocycles. The third kappa shape index (κ3) is 3.59. The van der Waals surface area contributed by atoms with Crippen molar-refractivity contribution in [3.05, 3.63) is 59.7 Å². The molecule has 0 unspecified atom stereocenters. The Bertz CT molecular complexity index is 796. The Labute approximate surface area is 160 Å². The first-order chi connectivity index (χ1) is 13.0. The fraction of sp³-hybridized carbons (Fsp3) is 0.435. The van der Waals surface area contributed by atoms with Crippen LogP contribution in [0.4, 0.5) is 4.79 Å². The van der Waals surface area contributed by atoms with E-state index in [4.69, 9.17) is 4.74 Å². The monoisotopic (exact) mass is 365 g/mol. The molecule has 1 amide bonds. The summed E-state index contributed by atoms with van der Waals surface area (Å²) in [6.07, 6.45) is 1.78. The smallest absolute Gasteiger partial charge is 0.410 e. The van der Waals surface area contributed by atoms with E-state index >= 15 is 0 Å². The quantitative estimate of drug-likeness (QED) is 0.824. The topological polar surface area (TPSA) is 49.8 Å². The summed E-state index contributed by atoms with van der Waals surface area (Å²) in [5, 5.41) is 9.57. The largest absolute Gasteiger partial charge is 0.448 e. The van der Waals surface area contributed by atoms with Gasteiger partial charge < -0.3 is 14.7 Å². The Hall–Kier alpha value is -2.33. The maximum Gasteiger partial charge on any atom is 0.410 e. The molecule has 0 atom stereocenters. The second-order valence-electron chi connectivity index (χ2n) is 8.49. The van der Waals surface area contributed by atoms with Crippen LogP contribution in [-0.2, 0) is 4.74 Å². The van der Waals surface area contributed by atoms with Crippen molar-refractivity contribution in [1.29, 1.82) is 0 Å². The summed E-state index contributed by atoms with van der Waals surface area (Å²) < 4.78 is 5.80. The maximum absolute atomic E-state index is 12.8. The van der Waals surface area contributed by atoms with Crippen LogP contribution in [0.3, 0.4) is 0 Å². The minimum absolute atomic E-state index is 0.0485. The van der Waals surface area contributed by atoms with Gasteiger partial charge in [0.2, 0.25) is 0 Å². The third-order valence-electron chi connectivity index (χ3n) is 5.58. The molecule has 2 aliphatic rings. The number of carbonyl (C=O) groups excluding carboxylic acids is 1. The standard InChI is InChI=1S/C23H27NO3/c1-23(2,15-25)14-24(16-11-12-16)22(26)27-13-21-19-9-5-3-7-17(19)18-8-4-6-10-20(18)21/h3-10,16,21,25H,11-15H2,1-2H3. The molecule has 2 aromatic carbocycles. The van der Waals surface area contributed by atoms with Crippen molar-refractivity contribution in [1.82, 2.24) is 4.90 Å². The highest BCUT2D eigenvalue weighted by Crippen LogP contribution is 2.44. The van der Waals surface area contributed by atoms with E-state index in [2.05, 4.69) is 36.4 Å². The van der Waals surface area contributed by atoms with Crippen LogP contribution in [0.25, 0.3) is 11.1 Å². The minimum atomic E-state index is -0.325. The van der Waals surface area contributed by atoms with Gasteiger partial charge in [0.25, 0.3) is 0 Å². The molecule has 0 heterocycles. The molecule has 4 heteroatoms. The maximum atomic E-state index is 12.8. The number of amides is 1. The van der Waals surface area contributed by atoms with Crippen molar-refractivity contribution in [3.8, 4) is 11.1 Å². The number of aliphatic hydroxyl groups is 1. The number of aliphatic hydroxyl groups excluding tert-OH is 1. The van der Waals surface area contributed by atoms with E-state index in [9.17, 15) is 9.90 Å². The number of fused-ring (bicyclic) bond motifs is 3. The number of carbonyl (C=O) groups is 1. The number of hydrogen-bond acceptors (Lipinski definition) is 3. The number of hydrogen-bond donors (Lipinski definition) is 1. The van der Waals surface area contributed by atoms with Gasteiger partial charge in [-0.1, -0.05) is 62.4 Å². The van der Waals surface area contributed by atoms with E-state index in [-0.39, 0.29) is 30.1 Å². The highest BCUT2D eigenvalue weighted by atomic mass is 16.6. The van der Waals surface area contributed by atoms with Crippen molar-refractivity contribution < 1.29 is 14.6 Å². The first kappa shape index (κ1) is 18.1. The molecule has 27 heavy (non-hydrogen) atoms. The van der Waals surface area contributed by atoms with E-state index in [1.54, 1.807) is 0 Å². The second-order valence-corrected chi connectivity index (χ2v) is 8.49. The summed E-state index contributed by atoms with van der Waals surface area (Å²) in [5.74, 6) is 0.0771. The predicted molar refractivity (Wildman–Crippen MR) is 106 cm³/mol. The summed E-state index contributed by atoms with van der Waals surface area (Å²) in [7, 11) is 0. The average molecular weight is 365 g/mol. The Kier molecular flexibility index (Phi) is 4.68. The van der Waals surface area contributed by atoms with Gasteiger partial charge in [-0.15, -0.1) is 0 Å². The summed E-state index contributed by atoms with van der Waals surface area (Å²) in [6.45, 7) is 4.85. The molecule has 4 rings (SSSR count). The molecular formula is C23H27NO3. The molecule has 2 aromatic rings. The van der Waals surface area contributed by atoms with Crippen LogP contribution in [0.1, 0.15) is 43.7 Å². The molecule has 2 aliphatic carbocycles. The van der Waals surface area contributed by atoms with Crippen LogP contribution in [0, 0.1) is 5.41 Å². The zero-order chi connectivity index (χ0) is 19.0. The van der Waals surface area contributed by atoms with Crippen molar-refractivity contribution in [2.24, 2.45) is 5.41 Å². The fourth-order valence-electron chi connectivity index (χ4n) is 3.92. The van der Waals surface area contributed by atoms with Gasteiger partial charge in [-0.2, -0.15) is 0 Å². The average Bonchev–Trinajstić information content (AvgIpc) is 3.47. The van der Waals surface area contributed by atoms with Crippen LogP contribution < -0.4 is 0 Å². The molecule has 1 saturated carbocycles. The predicted octanol–water partition coefficient (Wildman–Crippen LogP) is 4.42. The minimum Gasteiger partial charge on any atom is -0.448 e. The molecule has 0 aromatic heterocycles. The lowest BCUT2D eigenvalue weighted by Gasteiger charge is -2.31. The Balaban J connectivity index is 1.50. The van der Waals surface area contributed by atoms with Crippen molar-refractivity contribution in [3.63, 3.8) is 0 Å². The fourth-order valence-corrected chi connectivity index (χ4v) is 3.92. The molecule has 0 bridgehead atoms. The molecule has 0 radical (unpaired) electrons. The lowest BCUT2D eigenvalue weighted by molar-refractivity contribution is 0.0643. The van der Waals surface area contributed by atoms with Crippen LogP contribution in [0.2, 0.25) is 0 Å². The molecule has 1 fully saturated rings. The second kappa shape index (κ2) is 7.01. The van der Waals surface area contributed by atoms with Gasteiger partial charge in [0.05, 0.1) is 0 Å². The summed E-state index contributed by atoms with van der Waals surface area (Å²) >= 11 is 0. The van der Waals surface area contributed by atoms with E-state index in [1.165, 1.54) is 22.3 Å². The van der Waals surface area contributed by atoms with Crippen LogP contribution in [-0.4, -0.2) is 41.9 Å². The van der Waals surface area contributed by atoms with E-state index < -0.39 is 0 Å². The number of ether oxygens (including phenoxy) is 1. The van der Waals surface area contributed by atoms with Gasteiger partial charge in [0.15, 0.2) is 0 Å². The van der Waals surface area contributed by atoms with Crippen LogP contribution in [0.15, 0.2) is 48.5 Å². The molecule has 142 valence electrons. The number of benzene rings is 2. The van der Waals surface area contributed by atoms with Gasteiger partial charge in [-0.3, -0.25) is 0 Å². The highest BCUT2D eigenvalue weighted by molar-refractivity contribution is 5.79. The van der Waals surface area contributed by atoms with Gasteiger partial charge >= 0.3 is 6.09 Å². The number of nitrogens with zero attached hydrogens (tertiary/aromatic N) is 1. The van der Waals surface area contributed by atoms with Crippen molar-refractivity contribution in [2.75, 3.05) is 19.8 Å². The molecule has 0 saturated heterocycles. The van der Waals surface area contributed by atoms with Crippen molar-refractivity contribution in [2.45, 2.75) is 38.6 Å². The Morgan fingerprint density at radius 3 is 2.15 bits per heavy atom. The highest BCUT2D eigenvalue weighted by Gasteiger charge is 2.38. The zero-order valence-corrected chi connectivity index (χ0v) is 16.0. The third-order valence-corrected chi connectivity index (χ3v) is 5.58. The van der Waals surface area contributed by atoms with Gasteiger partial charge in [-0.25, -0.2) is 4.79 Å². The lowest BCUT2D eigenvalue weighted by Crippen LogP contribution is -2.42. The molecule has 4 nitrogen and oxygen atoms in total. The van der Waals surface area contributed by atoms with E-state index in [0.717, 1.165) is 12.8 Å². The van der Waals surface area contributed by atoms with Crippen molar-refractivity contribution >= 4 is 6.09 Å². The molecule has 1 N–H and O–H groups in total. The van der Waals surface area contributed by atoms with E-state index in [1.807, 2.05) is 30.9 Å². The Morgan fingerprint density at radius 1 is 1.07 bits per heavy atom. The zero-order valence-electron chi connectivity index (χ0n) is 16.0. The van der Waals surface area contributed by atoms with Crippen LogP contribution in [0.5, 0.6) is 0 Å². The summed E-state index contributed by atoms with van der Waals surface area (Å²) in [4.78, 5) is 14.6. The number of rotatable bonds is 6. The van der Waals surface area contributed by atoms with Crippen LogP contribution >= 0.6 is 0 Å². The van der Waals surface area contributed by atoms with Gasteiger partial charge in [0.1, 0.15) is 6.61 Å². The van der Waals surface area contributed by atoms with E-state index in [0.29, 0.717) is 13.2 Å². The first-order valence-electron chi connectivity index (χ1n) is 9.73. The van der Waals surface area contributed by atoms with Gasteiger partial charge in [0, 0.05) is 30.5 Å². The van der Waals surface area contributed by atoms with Gasteiger partial charge in [-0.05, 0) is 35.1 Å².